The van der Waals surface area contributed by atoms with Gasteiger partial charge in [-0.25, -0.2) is 17.5 Å². The van der Waals surface area contributed by atoms with Crippen LogP contribution in [0.2, 0.25) is 0 Å². The monoisotopic (exact) mass is 311 g/mol. The zero-order valence-corrected chi connectivity index (χ0v) is 12.7. The molecule has 0 aromatic heterocycles. The van der Waals surface area contributed by atoms with Crippen molar-refractivity contribution in [2.24, 2.45) is 0 Å². The summed E-state index contributed by atoms with van der Waals surface area (Å²) in [4.78, 5) is 23.8. The van der Waals surface area contributed by atoms with Gasteiger partial charge in [-0.05, 0) is 32.4 Å². The number of sulfonamides is 1. The molecule has 2 rings (SSSR count). The number of esters is 1. The molecule has 1 fully saturated rings. The molecule has 0 bridgehead atoms. The number of nitrogens with zero attached hydrogens (tertiary/aromatic N) is 1. The molecule has 1 amide bonds. The zero-order valence-electron chi connectivity index (χ0n) is 11.9. The number of hydrogen-bond acceptors (Lipinski definition) is 5. The number of carbonyl (C=O) groups is 2. The standard InChI is InChI=1S/C14H17NO5S/c1-3-20-14(17)12-8-9-13(16)15(12)21(18,19)11-6-4-10(2)5-7-11/h4-7,12H,3,8-9H2,1-2H3. The van der Waals surface area contributed by atoms with Gasteiger partial charge < -0.3 is 4.74 Å². The summed E-state index contributed by atoms with van der Waals surface area (Å²) in [6.07, 6.45) is 0.178. The molecule has 1 aliphatic heterocycles. The second-order valence-corrected chi connectivity index (χ2v) is 6.63. The molecule has 0 radical (unpaired) electrons. The first-order chi connectivity index (χ1) is 9.87. The fourth-order valence-electron chi connectivity index (χ4n) is 2.24. The Balaban J connectivity index is 2.38. The van der Waals surface area contributed by atoms with Crippen LogP contribution in [0.4, 0.5) is 0 Å². The van der Waals surface area contributed by atoms with Gasteiger partial charge in [0.15, 0.2) is 0 Å². The van der Waals surface area contributed by atoms with Crippen molar-refractivity contribution in [3.05, 3.63) is 29.8 Å². The van der Waals surface area contributed by atoms with E-state index in [1.165, 1.54) is 12.1 Å². The molecule has 7 heteroatoms. The molecule has 0 spiro atoms. The Morgan fingerprint density at radius 3 is 2.52 bits per heavy atom. The van der Waals surface area contributed by atoms with Gasteiger partial charge in [-0.3, -0.25) is 4.79 Å². The lowest BCUT2D eigenvalue weighted by Gasteiger charge is -2.22. The first kappa shape index (κ1) is 15.5. The second kappa shape index (κ2) is 5.85. The maximum atomic E-state index is 12.6. The topological polar surface area (TPSA) is 80.8 Å². The van der Waals surface area contributed by atoms with Gasteiger partial charge in [0.05, 0.1) is 11.5 Å². The summed E-state index contributed by atoms with van der Waals surface area (Å²) in [5.41, 5.74) is 0.906. The molecular formula is C14H17NO5S. The van der Waals surface area contributed by atoms with Crippen molar-refractivity contribution in [2.75, 3.05) is 6.61 Å². The molecule has 0 saturated carbocycles. The molecule has 1 saturated heterocycles. The summed E-state index contributed by atoms with van der Waals surface area (Å²) in [6, 6.07) is 5.08. The van der Waals surface area contributed by atoms with Gasteiger partial charge >= 0.3 is 5.97 Å². The quantitative estimate of drug-likeness (QED) is 0.781. The van der Waals surface area contributed by atoms with Gasteiger partial charge in [0, 0.05) is 6.42 Å². The predicted molar refractivity (Wildman–Crippen MR) is 74.9 cm³/mol. The van der Waals surface area contributed by atoms with Crippen LogP contribution in [-0.2, 0) is 24.3 Å². The van der Waals surface area contributed by atoms with Crippen molar-refractivity contribution in [3.63, 3.8) is 0 Å². The number of benzene rings is 1. The second-order valence-electron chi connectivity index (χ2n) is 4.81. The van der Waals surface area contributed by atoms with Crippen LogP contribution >= 0.6 is 0 Å². The van der Waals surface area contributed by atoms with Crippen LogP contribution in [-0.4, -0.2) is 37.2 Å². The fraction of sp³-hybridized carbons (Fsp3) is 0.429. The highest BCUT2D eigenvalue weighted by Crippen LogP contribution is 2.28. The Kier molecular flexibility index (Phi) is 4.32. The van der Waals surface area contributed by atoms with Crippen LogP contribution in [0.1, 0.15) is 25.3 Å². The average Bonchev–Trinajstić information content (AvgIpc) is 2.82. The van der Waals surface area contributed by atoms with E-state index in [2.05, 4.69) is 0 Å². The molecule has 114 valence electrons. The molecule has 1 atom stereocenters. The molecule has 6 nitrogen and oxygen atoms in total. The van der Waals surface area contributed by atoms with Gasteiger partial charge in [0.1, 0.15) is 6.04 Å². The van der Waals surface area contributed by atoms with Gasteiger partial charge in [0.2, 0.25) is 5.91 Å². The van der Waals surface area contributed by atoms with Crippen LogP contribution in [0.25, 0.3) is 0 Å². The molecule has 0 aliphatic carbocycles. The fourth-order valence-corrected chi connectivity index (χ4v) is 3.83. The highest BCUT2D eigenvalue weighted by atomic mass is 32.2. The maximum Gasteiger partial charge on any atom is 0.330 e. The molecule has 0 N–H and O–H groups in total. The summed E-state index contributed by atoms with van der Waals surface area (Å²) < 4.78 is 30.7. The Hall–Kier alpha value is -1.89. The lowest BCUT2D eigenvalue weighted by Crippen LogP contribution is -2.43. The van der Waals surface area contributed by atoms with Crippen molar-refractivity contribution in [1.29, 1.82) is 0 Å². The number of amides is 1. The lowest BCUT2D eigenvalue weighted by molar-refractivity contribution is -0.148. The highest BCUT2D eigenvalue weighted by Gasteiger charge is 2.44. The first-order valence-electron chi connectivity index (χ1n) is 6.68. The molecule has 1 heterocycles. The SMILES string of the molecule is CCOC(=O)C1CCC(=O)N1S(=O)(=O)c1ccc(C)cc1. The summed E-state index contributed by atoms with van der Waals surface area (Å²) in [6.45, 7) is 3.61. The Bertz CT molecular complexity index is 650. The predicted octanol–water partition coefficient (Wildman–Crippen LogP) is 1.24. The number of aryl methyl sites for hydroxylation is 1. The van der Waals surface area contributed by atoms with Crippen LogP contribution in [0.5, 0.6) is 0 Å². The average molecular weight is 311 g/mol. The minimum Gasteiger partial charge on any atom is -0.464 e. The molecule has 21 heavy (non-hydrogen) atoms. The van der Waals surface area contributed by atoms with Crippen molar-refractivity contribution in [2.45, 2.75) is 37.6 Å². The third kappa shape index (κ3) is 2.92. The minimum atomic E-state index is -4.03. The van der Waals surface area contributed by atoms with Crippen LogP contribution in [0.15, 0.2) is 29.2 Å². The van der Waals surface area contributed by atoms with E-state index in [-0.39, 0.29) is 24.3 Å². The summed E-state index contributed by atoms with van der Waals surface area (Å²) in [7, 11) is -4.03. The van der Waals surface area contributed by atoms with E-state index in [9.17, 15) is 18.0 Å². The Labute approximate surface area is 123 Å². The smallest absolute Gasteiger partial charge is 0.330 e. The van der Waals surface area contributed by atoms with E-state index in [1.54, 1.807) is 19.1 Å². The number of carbonyl (C=O) groups excluding carboxylic acids is 2. The largest absolute Gasteiger partial charge is 0.464 e. The Morgan fingerprint density at radius 1 is 1.33 bits per heavy atom. The number of ether oxygens (including phenoxy) is 1. The number of hydrogen-bond donors (Lipinski definition) is 0. The van der Waals surface area contributed by atoms with E-state index in [0.717, 1.165) is 5.56 Å². The summed E-state index contributed by atoms with van der Waals surface area (Å²) in [5, 5.41) is 0. The zero-order chi connectivity index (χ0) is 15.6. The lowest BCUT2D eigenvalue weighted by atomic mass is 10.2. The molecule has 1 aliphatic rings. The first-order valence-corrected chi connectivity index (χ1v) is 8.12. The molecular weight excluding hydrogens is 294 g/mol. The summed E-state index contributed by atoms with van der Waals surface area (Å²) in [5.74, 6) is -1.26. The number of rotatable bonds is 4. The highest BCUT2D eigenvalue weighted by molar-refractivity contribution is 7.89. The van der Waals surface area contributed by atoms with E-state index in [1.807, 2.05) is 6.92 Å². The van der Waals surface area contributed by atoms with Crippen LogP contribution in [0.3, 0.4) is 0 Å². The van der Waals surface area contributed by atoms with Crippen molar-refractivity contribution < 1.29 is 22.7 Å². The van der Waals surface area contributed by atoms with E-state index >= 15 is 0 Å². The Morgan fingerprint density at radius 2 is 1.95 bits per heavy atom. The van der Waals surface area contributed by atoms with E-state index in [4.69, 9.17) is 4.74 Å². The minimum absolute atomic E-state index is 0.00218. The van der Waals surface area contributed by atoms with Crippen LogP contribution in [0, 0.1) is 6.92 Å². The van der Waals surface area contributed by atoms with E-state index in [0.29, 0.717) is 4.31 Å². The normalized spacial score (nSPS) is 18.9. The van der Waals surface area contributed by atoms with Crippen molar-refractivity contribution >= 4 is 21.9 Å². The maximum absolute atomic E-state index is 12.6. The molecule has 1 unspecified atom stereocenters. The van der Waals surface area contributed by atoms with Crippen LogP contribution < -0.4 is 0 Å². The van der Waals surface area contributed by atoms with E-state index < -0.39 is 27.9 Å². The van der Waals surface area contributed by atoms with Crippen molar-refractivity contribution in [3.8, 4) is 0 Å². The molecule has 1 aromatic carbocycles. The van der Waals surface area contributed by atoms with Crippen molar-refractivity contribution in [1.82, 2.24) is 4.31 Å². The van der Waals surface area contributed by atoms with Gasteiger partial charge in [-0.2, -0.15) is 0 Å². The van der Waals surface area contributed by atoms with Gasteiger partial charge in [-0.1, -0.05) is 17.7 Å². The third-order valence-corrected chi connectivity index (χ3v) is 5.14. The third-order valence-electron chi connectivity index (χ3n) is 3.30. The summed E-state index contributed by atoms with van der Waals surface area (Å²) >= 11 is 0. The molecule has 1 aromatic rings. The van der Waals surface area contributed by atoms with Gasteiger partial charge in [0.25, 0.3) is 10.0 Å². The van der Waals surface area contributed by atoms with Gasteiger partial charge in [-0.15, -0.1) is 0 Å².